The average Bonchev–Trinajstić information content (AvgIpc) is 2.64. The molecule has 0 heterocycles. The zero-order chi connectivity index (χ0) is 19.3. The minimum absolute atomic E-state index is 0.0466. The Labute approximate surface area is 177 Å². The van der Waals surface area contributed by atoms with E-state index in [1.807, 2.05) is 0 Å². The number of halogens is 1. The van der Waals surface area contributed by atoms with Gasteiger partial charge >= 0.3 is 5.97 Å². The molecule has 0 atom stereocenters. The Morgan fingerprint density at radius 1 is 0.654 bits per heavy atom. The van der Waals surface area contributed by atoms with Crippen LogP contribution < -0.4 is 0 Å². The number of rotatable bonds is 20. The molecule has 0 spiro atoms. The molecule has 0 aromatic rings. The third-order valence-electron chi connectivity index (χ3n) is 5.34. The highest BCUT2D eigenvalue weighted by Gasteiger charge is 2.18. The molecule has 0 aliphatic carbocycles. The summed E-state index contributed by atoms with van der Waals surface area (Å²) >= 11 is 2.13. The first kappa shape index (κ1) is 26.2. The summed E-state index contributed by atoms with van der Waals surface area (Å²) in [5.41, 5.74) is 0. The molecule has 0 amide bonds. The van der Waals surface area contributed by atoms with E-state index >= 15 is 0 Å². The summed E-state index contributed by atoms with van der Waals surface area (Å²) in [6.07, 6.45) is 23.3. The molecule has 0 aliphatic rings. The minimum atomic E-state index is 0.0466. The fourth-order valence-electron chi connectivity index (χ4n) is 3.60. The van der Waals surface area contributed by atoms with Crippen molar-refractivity contribution in [1.29, 1.82) is 0 Å². The highest BCUT2D eigenvalue weighted by molar-refractivity contribution is 14.1. The second-order valence-corrected chi connectivity index (χ2v) is 8.42. The smallest absolute Gasteiger partial charge is 0.309 e. The summed E-state index contributed by atoms with van der Waals surface area (Å²) in [5.74, 6) is 0.190. The summed E-state index contributed by atoms with van der Waals surface area (Å²) in [5, 5.41) is 0. The maximum absolute atomic E-state index is 12.2. The Balaban J connectivity index is 3.76. The Hall–Kier alpha value is 0.200. The van der Waals surface area contributed by atoms with E-state index in [9.17, 15) is 4.79 Å². The molecule has 0 saturated heterocycles. The molecule has 0 fully saturated rings. The molecule has 0 rings (SSSR count). The van der Waals surface area contributed by atoms with Crippen LogP contribution in [0.2, 0.25) is 0 Å². The summed E-state index contributed by atoms with van der Waals surface area (Å²) in [4.78, 5) is 12.2. The van der Waals surface area contributed by atoms with Gasteiger partial charge in [-0.25, -0.2) is 0 Å². The normalized spacial score (nSPS) is 11.2. The van der Waals surface area contributed by atoms with Gasteiger partial charge in [-0.2, -0.15) is 0 Å². The third-order valence-corrected chi connectivity index (χ3v) is 5.65. The van der Waals surface area contributed by atoms with E-state index in [2.05, 4.69) is 36.4 Å². The van der Waals surface area contributed by atoms with Crippen LogP contribution in [0.3, 0.4) is 0 Å². The van der Waals surface area contributed by atoms with Crippen molar-refractivity contribution in [1.82, 2.24) is 0 Å². The minimum Gasteiger partial charge on any atom is -0.455 e. The van der Waals surface area contributed by atoms with E-state index in [1.165, 1.54) is 103 Å². The van der Waals surface area contributed by atoms with E-state index in [1.54, 1.807) is 0 Å². The van der Waals surface area contributed by atoms with E-state index in [0.717, 1.165) is 12.8 Å². The van der Waals surface area contributed by atoms with Gasteiger partial charge in [0.1, 0.15) is 4.61 Å². The lowest BCUT2D eigenvalue weighted by molar-refractivity contribution is -0.146. The first-order chi connectivity index (χ1) is 12.8. The topological polar surface area (TPSA) is 26.3 Å². The predicted molar refractivity (Wildman–Crippen MR) is 123 cm³/mol. The van der Waals surface area contributed by atoms with Crippen molar-refractivity contribution in [2.75, 3.05) is 4.61 Å². The summed E-state index contributed by atoms with van der Waals surface area (Å²) in [7, 11) is 0. The first-order valence-corrected chi connectivity index (χ1v) is 13.0. The highest BCUT2D eigenvalue weighted by atomic mass is 127. The molecule has 0 saturated carbocycles. The number of unbranched alkanes of at least 4 members (excludes halogenated alkanes) is 14. The average molecular weight is 481 g/mol. The monoisotopic (exact) mass is 480 g/mol. The van der Waals surface area contributed by atoms with Crippen LogP contribution in [0, 0.1) is 5.92 Å². The van der Waals surface area contributed by atoms with Crippen LogP contribution in [0.4, 0.5) is 0 Å². The molecule has 0 aromatic heterocycles. The van der Waals surface area contributed by atoms with Gasteiger partial charge in [0.25, 0.3) is 0 Å². The van der Waals surface area contributed by atoms with Crippen LogP contribution in [0.5, 0.6) is 0 Å². The molecule has 26 heavy (non-hydrogen) atoms. The number of carbonyl (C=O) groups excluding carboxylic acids is 1. The fraction of sp³-hybridized carbons (Fsp3) is 0.957. The summed E-state index contributed by atoms with van der Waals surface area (Å²) in [6.45, 7) is 4.53. The second-order valence-electron chi connectivity index (χ2n) is 7.80. The van der Waals surface area contributed by atoms with Crippen molar-refractivity contribution in [2.24, 2.45) is 5.92 Å². The van der Waals surface area contributed by atoms with Crippen molar-refractivity contribution >= 4 is 28.6 Å². The van der Waals surface area contributed by atoms with Crippen molar-refractivity contribution in [3.05, 3.63) is 0 Å². The fourth-order valence-corrected chi connectivity index (χ4v) is 3.91. The van der Waals surface area contributed by atoms with E-state index in [-0.39, 0.29) is 11.9 Å². The maximum atomic E-state index is 12.2. The van der Waals surface area contributed by atoms with Crippen LogP contribution in [-0.4, -0.2) is 10.6 Å². The van der Waals surface area contributed by atoms with Crippen LogP contribution >= 0.6 is 22.6 Å². The van der Waals surface area contributed by atoms with E-state index in [4.69, 9.17) is 4.74 Å². The van der Waals surface area contributed by atoms with Gasteiger partial charge in [-0.05, 0) is 35.4 Å². The van der Waals surface area contributed by atoms with Gasteiger partial charge in [-0.1, -0.05) is 117 Å². The quantitative estimate of drug-likeness (QED) is 0.0755. The van der Waals surface area contributed by atoms with Gasteiger partial charge in [0.2, 0.25) is 0 Å². The number of hydrogen-bond donors (Lipinski definition) is 0. The Morgan fingerprint density at radius 2 is 1.00 bits per heavy atom. The third kappa shape index (κ3) is 17.6. The SMILES string of the molecule is CCCCCCCCCCC(CCCCCCCCCC)C(=O)OCI. The molecular weight excluding hydrogens is 435 g/mol. The summed E-state index contributed by atoms with van der Waals surface area (Å²) < 4.78 is 5.78. The van der Waals surface area contributed by atoms with Crippen molar-refractivity contribution in [2.45, 2.75) is 129 Å². The molecule has 0 aliphatic heterocycles. The van der Waals surface area contributed by atoms with Gasteiger partial charge in [-0.15, -0.1) is 0 Å². The number of hydrogen-bond acceptors (Lipinski definition) is 2. The van der Waals surface area contributed by atoms with Gasteiger partial charge in [0.15, 0.2) is 0 Å². The Morgan fingerprint density at radius 3 is 1.35 bits per heavy atom. The van der Waals surface area contributed by atoms with Gasteiger partial charge < -0.3 is 4.74 Å². The standard InChI is InChI=1S/C23H45IO2/c1-3-5-7-9-11-13-15-17-19-22(23(25)26-21-24)20-18-16-14-12-10-8-6-4-2/h22H,3-21H2,1-2H3. The van der Waals surface area contributed by atoms with Crippen molar-refractivity contribution < 1.29 is 9.53 Å². The van der Waals surface area contributed by atoms with Gasteiger partial charge in [-0.3, -0.25) is 4.79 Å². The zero-order valence-electron chi connectivity index (χ0n) is 17.7. The number of carbonyl (C=O) groups is 1. The lowest BCUT2D eigenvalue weighted by Crippen LogP contribution is -2.17. The van der Waals surface area contributed by atoms with E-state index < -0.39 is 0 Å². The number of ether oxygens (including phenoxy) is 1. The van der Waals surface area contributed by atoms with Crippen LogP contribution in [-0.2, 0) is 9.53 Å². The van der Waals surface area contributed by atoms with E-state index in [0.29, 0.717) is 4.61 Å². The summed E-state index contributed by atoms with van der Waals surface area (Å²) in [6, 6.07) is 0. The molecular formula is C23H45IO2. The molecule has 0 unspecified atom stereocenters. The Kier molecular flexibility index (Phi) is 21.7. The lowest BCUT2D eigenvalue weighted by Gasteiger charge is -2.15. The van der Waals surface area contributed by atoms with Crippen LogP contribution in [0.15, 0.2) is 0 Å². The Bertz CT molecular complexity index is 274. The van der Waals surface area contributed by atoms with Crippen LogP contribution in [0.1, 0.15) is 129 Å². The van der Waals surface area contributed by atoms with Crippen LogP contribution in [0.25, 0.3) is 0 Å². The molecule has 0 N–H and O–H groups in total. The molecule has 2 nitrogen and oxygen atoms in total. The van der Waals surface area contributed by atoms with Crippen molar-refractivity contribution in [3.63, 3.8) is 0 Å². The van der Waals surface area contributed by atoms with Gasteiger partial charge in [0, 0.05) is 0 Å². The number of alkyl halides is 1. The molecule has 3 heteroatoms. The first-order valence-electron chi connectivity index (χ1n) is 11.5. The highest BCUT2D eigenvalue weighted by Crippen LogP contribution is 2.21. The number of esters is 1. The second kappa shape index (κ2) is 21.5. The largest absolute Gasteiger partial charge is 0.455 e. The molecule has 0 bridgehead atoms. The van der Waals surface area contributed by atoms with Gasteiger partial charge in [0.05, 0.1) is 5.92 Å². The molecule has 0 radical (unpaired) electrons. The zero-order valence-corrected chi connectivity index (χ0v) is 19.9. The molecule has 0 aromatic carbocycles. The maximum Gasteiger partial charge on any atom is 0.309 e. The lowest BCUT2D eigenvalue weighted by atomic mass is 9.94. The van der Waals surface area contributed by atoms with Crippen molar-refractivity contribution in [3.8, 4) is 0 Å². The molecule has 156 valence electrons. The predicted octanol–water partition coefficient (Wildman–Crippen LogP) is 8.60.